The fourth-order valence-electron chi connectivity index (χ4n) is 1.56. The molecule has 0 saturated carbocycles. The first-order chi connectivity index (χ1) is 7.14. The number of Topliss-reactive ketones (excluding diaryl/α,β-unsaturated/α-hetero) is 1. The van der Waals surface area contributed by atoms with Gasteiger partial charge in [-0.3, -0.25) is 4.79 Å². The molecular weight excluding hydrogens is 210 g/mol. The van der Waals surface area contributed by atoms with Crippen molar-refractivity contribution >= 4 is 11.9 Å². The Balaban J connectivity index is 2.60. The highest BCUT2D eigenvalue weighted by Crippen LogP contribution is 2.23. The van der Waals surface area contributed by atoms with Crippen LogP contribution in [0.5, 0.6) is 0 Å². The number of hydrogen-bond acceptors (Lipinski definition) is 4. The Morgan fingerprint density at radius 3 is 2.31 bits per heavy atom. The van der Waals surface area contributed by atoms with E-state index in [0.717, 1.165) is 0 Å². The van der Waals surface area contributed by atoms with Gasteiger partial charge in [0.05, 0.1) is 6.54 Å². The van der Waals surface area contributed by atoms with Gasteiger partial charge in [0.1, 0.15) is 11.2 Å². The van der Waals surface area contributed by atoms with Crippen LogP contribution in [0.3, 0.4) is 0 Å². The molecule has 0 aromatic heterocycles. The summed E-state index contributed by atoms with van der Waals surface area (Å²) in [5.41, 5.74) is -1.95. The van der Waals surface area contributed by atoms with Crippen LogP contribution >= 0.6 is 0 Å². The predicted molar refractivity (Wildman–Crippen MR) is 58.1 cm³/mol. The average molecular weight is 229 g/mol. The van der Waals surface area contributed by atoms with Crippen LogP contribution in [-0.2, 0) is 9.53 Å². The number of carbonyl (C=O) groups is 2. The molecule has 0 spiro atoms. The molecule has 5 nitrogen and oxygen atoms in total. The van der Waals surface area contributed by atoms with Gasteiger partial charge in [0, 0.05) is 13.0 Å². The van der Waals surface area contributed by atoms with E-state index in [0.29, 0.717) is 6.54 Å². The van der Waals surface area contributed by atoms with Crippen molar-refractivity contribution in [2.45, 2.75) is 45.3 Å². The van der Waals surface area contributed by atoms with Crippen LogP contribution in [0.2, 0.25) is 0 Å². The van der Waals surface area contributed by atoms with Crippen molar-refractivity contribution in [3.63, 3.8) is 0 Å². The van der Waals surface area contributed by atoms with Gasteiger partial charge in [-0.25, -0.2) is 4.79 Å². The molecule has 1 fully saturated rings. The number of ether oxygens (including phenoxy) is 1. The van der Waals surface area contributed by atoms with E-state index in [-0.39, 0.29) is 18.7 Å². The molecule has 1 rings (SSSR count). The molecular formula is C11H19NO4. The Hall–Kier alpha value is -1.10. The summed E-state index contributed by atoms with van der Waals surface area (Å²) >= 11 is 0. The summed E-state index contributed by atoms with van der Waals surface area (Å²) in [4.78, 5) is 24.2. The van der Waals surface area contributed by atoms with E-state index in [1.54, 1.807) is 20.8 Å². The van der Waals surface area contributed by atoms with Crippen LogP contribution in [0.1, 0.15) is 34.1 Å². The summed E-state index contributed by atoms with van der Waals surface area (Å²) in [5, 5.41) is 9.89. The summed E-state index contributed by atoms with van der Waals surface area (Å²) in [6.07, 6.45) is -0.202. The lowest BCUT2D eigenvalue weighted by Crippen LogP contribution is -2.42. The van der Waals surface area contributed by atoms with Gasteiger partial charge < -0.3 is 14.7 Å². The van der Waals surface area contributed by atoms with Crippen molar-refractivity contribution in [1.29, 1.82) is 0 Å². The number of ketones is 1. The second-order valence-corrected chi connectivity index (χ2v) is 5.24. The summed E-state index contributed by atoms with van der Waals surface area (Å²) < 4.78 is 5.16. The van der Waals surface area contributed by atoms with Crippen molar-refractivity contribution in [2.75, 3.05) is 13.1 Å². The first-order valence-corrected chi connectivity index (χ1v) is 5.35. The molecule has 0 bridgehead atoms. The minimum Gasteiger partial charge on any atom is -0.444 e. The van der Waals surface area contributed by atoms with Crippen LogP contribution in [-0.4, -0.2) is 46.2 Å². The van der Waals surface area contributed by atoms with E-state index >= 15 is 0 Å². The van der Waals surface area contributed by atoms with Gasteiger partial charge >= 0.3 is 6.09 Å². The second kappa shape index (κ2) is 4.05. The number of nitrogens with zero attached hydrogens (tertiary/aromatic N) is 1. The third-order valence-electron chi connectivity index (χ3n) is 2.55. The molecule has 0 aromatic rings. The number of carbonyl (C=O) groups excluding carboxylic acids is 2. The van der Waals surface area contributed by atoms with E-state index in [1.165, 1.54) is 11.8 Å². The fraction of sp³-hybridized carbons (Fsp3) is 0.818. The van der Waals surface area contributed by atoms with E-state index in [1.807, 2.05) is 0 Å². The molecule has 16 heavy (non-hydrogen) atoms. The first kappa shape index (κ1) is 13.0. The maximum Gasteiger partial charge on any atom is 0.410 e. The third kappa shape index (κ3) is 2.95. The topological polar surface area (TPSA) is 66.8 Å². The zero-order chi connectivity index (χ0) is 12.6. The summed E-state index contributed by atoms with van der Waals surface area (Å²) in [6, 6.07) is 0. The van der Waals surface area contributed by atoms with Crippen LogP contribution in [0.15, 0.2) is 0 Å². The monoisotopic (exact) mass is 229 g/mol. The minimum absolute atomic E-state index is 0.0250. The standard InChI is InChI=1S/C11H19NO4/c1-8(13)11(15)5-6-12(7-11)9(14)16-10(2,3)4/h15H,5-7H2,1-4H3/t11-/m0/s1. The molecule has 1 saturated heterocycles. The molecule has 0 unspecified atom stereocenters. The highest BCUT2D eigenvalue weighted by Gasteiger charge is 2.43. The highest BCUT2D eigenvalue weighted by molar-refractivity contribution is 5.86. The maximum atomic E-state index is 11.7. The first-order valence-electron chi connectivity index (χ1n) is 5.35. The molecule has 0 aliphatic carbocycles. The maximum absolute atomic E-state index is 11.7. The van der Waals surface area contributed by atoms with E-state index in [2.05, 4.69) is 0 Å². The molecule has 0 radical (unpaired) electrons. The van der Waals surface area contributed by atoms with Crippen LogP contribution < -0.4 is 0 Å². The van der Waals surface area contributed by atoms with Crippen molar-refractivity contribution in [1.82, 2.24) is 4.90 Å². The molecule has 1 atom stereocenters. The largest absolute Gasteiger partial charge is 0.444 e. The SMILES string of the molecule is CC(=O)[C@]1(O)CCN(C(=O)OC(C)(C)C)C1. The smallest absolute Gasteiger partial charge is 0.410 e. The fourth-order valence-corrected chi connectivity index (χ4v) is 1.56. The van der Waals surface area contributed by atoms with Gasteiger partial charge in [-0.1, -0.05) is 0 Å². The molecule has 1 amide bonds. The number of likely N-dealkylation sites (tertiary alicyclic amines) is 1. The van der Waals surface area contributed by atoms with Gasteiger partial charge in [-0.15, -0.1) is 0 Å². The molecule has 1 aliphatic rings. The molecule has 1 N–H and O–H groups in total. The van der Waals surface area contributed by atoms with Gasteiger partial charge in [0.25, 0.3) is 0 Å². The highest BCUT2D eigenvalue weighted by atomic mass is 16.6. The van der Waals surface area contributed by atoms with Gasteiger partial charge in [0.15, 0.2) is 5.78 Å². The number of rotatable bonds is 1. The van der Waals surface area contributed by atoms with Gasteiger partial charge in [-0.2, -0.15) is 0 Å². The van der Waals surface area contributed by atoms with E-state index in [9.17, 15) is 14.7 Å². The lowest BCUT2D eigenvalue weighted by molar-refractivity contribution is -0.133. The Morgan fingerprint density at radius 1 is 1.38 bits per heavy atom. The molecule has 92 valence electrons. The summed E-state index contributed by atoms with van der Waals surface area (Å²) in [6.45, 7) is 7.04. The average Bonchev–Trinajstić information content (AvgIpc) is 2.46. The molecule has 1 aliphatic heterocycles. The zero-order valence-electron chi connectivity index (χ0n) is 10.2. The van der Waals surface area contributed by atoms with Crippen LogP contribution in [0.4, 0.5) is 4.79 Å². The number of hydrogen-bond donors (Lipinski definition) is 1. The van der Waals surface area contributed by atoms with Crippen molar-refractivity contribution in [2.24, 2.45) is 0 Å². The van der Waals surface area contributed by atoms with Gasteiger partial charge in [-0.05, 0) is 27.7 Å². The second-order valence-electron chi connectivity index (χ2n) is 5.24. The van der Waals surface area contributed by atoms with Crippen molar-refractivity contribution in [3.05, 3.63) is 0 Å². The Morgan fingerprint density at radius 2 is 1.94 bits per heavy atom. The predicted octanol–water partition coefficient (Wildman–Crippen LogP) is 0.947. The lowest BCUT2D eigenvalue weighted by Gasteiger charge is -2.25. The third-order valence-corrected chi connectivity index (χ3v) is 2.55. The molecule has 5 heteroatoms. The Kier molecular flexibility index (Phi) is 3.28. The van der Waals surface area contributed by atoms with Crippen LogP contribution in [0.25, 0.3) is 0 Å². The number of β-amino-alcohol motifs (C(OH)–C–C–N with tert-alkyl or cyclic N) is 1. The normalized spacial score (nSPS) is 25.7. The Labute approximate surface area is 95.4 Å². The number of aliphatic hydroxyl groups is 1. The van der Waals surface area contributed by atoms with Crippen molar-refractivity contribution < 1.29 is 19.4 Å². The van der Waals surface area contributed by atoms with E-state index in [4.69, 9.17) is 4.74 Å². The van der Waals surface area contributed by atoms with E-state index < -0.39 is 17.3 Å². The molecule has 1 heterocycles. The zero-order valence-corrected chi connectivity index (χ0v) is 10.2. The number of amides is 1. The minimum atomic E-state index is -1.39. The quantitative estimate of drug-likeness (QED) is 0.727. The Bertz CT molecular complexity index is 308. The summed E-state index contributed by atoms with van der Waals surface area (Å²) in [7, 11) is 0. The lowest BCUT2D eigenvalue weighted by atomic mass is 9.99. The summed E-state index contributed by atoms with van der Waals surface area (Å²) in [5.74, 6) is -0.307. The molecule has 0 aromatic carbocycles. The van der Waals surface area contributed by atoms with Crippen LogP contribution in [0, 0.1) is 0 Å². The van der Waals surface area contributed by atoms with Gasteiger partial charge in [0.2, 0.25) is 0 Å². The van der Waals surface area contributed by atoms with Crippen molar-refractivity contribution in [3.8, 4) is 0 Å².